The molecular weight excluding hydrogens is 272 g/mol. The van der Waals surface area contributed by atoms with Gasteiger partial charge in [0, 0.05) is 25.6 Å². The summed E-state index contributed by atoms with van der Waals surface area (Å²) in [5, 5.41) is 20.6. The van der Waals surface area contributed by atoms with E-state index in [2.05, 4.69) is 5.32 Å². The predicted octanol–water partition coefficient (Wildman–Crippen LogP) is 1.82. The Hall–Kier alpha value is -1.30. The van der Waals surface area contributed by atoms with Gasteiger partial charge >= 0.3 is 12.0 Å². The molecule has 0 aromatic rings. The summed E-state index contributed by atoms with van der Waals surface area (Å²) in [7, 11) is 0. The average Bonchev–Trinajstić information content (AvgIpc) is 2.96. The summed E-state index contributed by atoms with van der Waals surface area (Å²) in [6, 6.07) is 0.142. The number of carboxylic acid groups (broad SMARTS) is 1. The number of carbonyl (C=O) groups is 2. The van der Waals surface area contributed by atoms with Gasteiger partial charge in [0.15, 0.2) is 0 Å². The number of carboxylic acids is 1. The van der Waals surface area contributed by atoms with Gasteiger partial charge in [0.2, 0.25) is 0 Å². The van der Waals surface area contributed by atoms with Crippen molar-refractivity contribution in [1.29, 1.82) is 0 Å². The van der Waals surface area contributed by atoms with E-state index in [-0.39, 0.29) is 31.0 Å². The molecule has 21 heavy (non-hydrogen) atoms. The van der Waals surface area contributed by atoms with E-state index in [0.717, 1.165) is 32.1 Å². The van der Waals surface area contributed by atoms with E-state index in [1.54, 1.807) is 4.90 Å². The minimum Gasteiger partial charge on any atom is -0.481 e. The fourth-order valence-electron chi connectivity index (χ4n) is 2.81. The van der Waals surface area contributed by atoms with Gasteiger partial charge in [-0.3, -0.25) is 4.79 Å². The van der Waals surface area contributed by atoms with Crippen molar-refractivity contribution in [2.45, 2.75) is 57.9 Å². The fraction of sp³-hybridized carbons (Fsp3) is 0.867. The normalized spacial score (nSPS) is 16.7. The molecule has 1 saturated carbocycles. The van der Waals surface area contributed by atoms with Crippen LogP contribution < -0.4 is 5.32 Å². The number of rotatable bonds is 9. The molecule has 0 aromatic carbocycles. The van der Waals surface area contributed by atoms with Crippen LogP contribution in [0, 0.1) is 5.92 Å². The molecule has 6 nitrogen and oxygen atoms in total. The maximum Gasteiger partial charge on any atom is 0.317 e. The van der Waals surface area contributed by atoms with Crippen LogP contribution >= 0.6 is 0 Å². The lowest BCUT2D eigenvalue weighted by molar-refractivity contribution is -0.137. The van der Waals surface area contributed by atoms with Gasteiger partial charge in [-0.1, -0.05) is 19.8 Å². The summed E-state index contributed by atoms with van der Waals surface area (Å²) in [6.45, 7) is 2.91. The number of aliphatic hydroxyl groups is 1. The van der Waals surface area contributed by atoms with E-state index in [1.807, 2.05) is 6.92 Å². The van der Waals surface area contributed by atoms with E-state index in [4.69, 9.17) is 10.2 Å². The Balaban J connectivity index is 2.27. The predicted molar refractivity (Wildman–Crippen MR) is 80.1 cm³/mol. The molecule has 1 rings (SSSR count). The van der Waals surface area contributed by atoms with E-state index < -0.39 is 5.97 Å². The van der Waals surface area contributed by atoms with Crippen molar-refractivity contribution in [2.75, 3.05) is 19.7 Å². The average molecular weight is 300 g/mol. The SMILES string of the molecule is CC(CCNC(=O)N(CCO)C1CCCC1)CCC(=O)O. The first-order chi connectivity index (χ1) is 10.0. The van der Waals surface area contributed by atoms with Gasteiger partial charge in [0.1, 0.15) is 0 Å². The van der Waals surface area contributed by atoms with Crippen molar-refractivity contribution in [3.05, 3.63) is 0 Å². The number of nitrogens with one attached hydrogen (secondary N) is 1. The summed E-state index contributed by atoms with van der Waals surface area (Å²) < 4.78 is 0. The lowest BCUT2D eigenvalue weighted by Gasteiger charge is -2.28. The molecule has 0 bridgehead atoms. The number of carbonyl (C=O) groups excluding carboxylic acids is 1. The van der Waals surface area contributed by atoms with Gasteiger partial charge in [-0.25, -0.2) is 4.79 Å². The number of amides is 2. The monoisotopic (exact) mass is 300 g/mol. The van der Waals surface area contributed by atoms with Crippen molar-refractivity contribution < 1.29 is 19.8 Å². The van der Waals surface area contributed by atoms with E-state index in [1.165, 1.54) is 0 Å². The maximum absolute atomic E-state index is 12.2. The first kappa shape index (κ1) is 17.8. The lowest BCUT2D eigenvalue weighted by atomic mass is 10.0. The summed E-state index contributed by atoms with van der Waals surface area (Å²) >= 11 is 0. The Morgan fingerprint density at radius 3 is 2.52 bits per heavy atom. The van der Waals surface area contributed by atoms with Crippen LogP contribution in [-0.2, 0) is 4.79 Å². The molecule has 3 N–H and O–H groups in total. The minimum absolute atomic E-state index is 0.0149. The molecule has 0 aromatic heterocycles. The smallest absolute Gasteiger partial charge is 0.317 e. The highest BCUT2D eigenvalue weighted by molar-refractivity contribution is 5.74. The molecule has 0 radical (unpaired) electrons. The molecule has 2 amide bonds. The number of hydrogen-bond donors (Lipinski definition) is 3. The van der Waals surface area contributed by atoms with Crippen molar-refractivity contribution in [1.82, 2.24) is 10.2 Å². The van der Waals surface area contributed by atoms with E-state index in [9.17, 15) is 9.59 Å². The molecule has 0 heterocycles. The molecule has 1 atom stereocenters. The highest BCUT2D eigenvalue weighted by atomic mass is 16.4. The zero-order chi connectivity index (χ0) is 15.7. The molecule has 0 spiro atoms. The van der Waals surface area contributed by atoms with Crippen LogP contribution in [0.1, 0.15) is 51.9 Å². The van der Waals surface area contributed by atoms with Crippen LogP contribution in [0.5, 0.6) is 0 Å². The zero-order valence-corrected chi connectivity index (χ0v) is 12.9. The molecule has 1 aliphatic rings. The van der Waals surface area contributed by atoms with Crippen LogP contribution in [0.4, 0.5) is 4.79 Å². The molecule has 122 valence electrons. The van der Waals surface area contributed by atoms with Crippen molar-refractivity contribution in [3.8, 4) is 0 Å². The molecular formula is C15H28N2O4. The van der Waals surface area contributed by atoms with Crippen molar-refractivity contribution in [2.24, 2.45) is 5.92 Å². The third-order valence-electron chi connectivity index (χ3n) is 4.13. The number of hydrogen-bond acceptors (Lipinski definition) is 3. The second kappa shape index (κ2) is 9.60. The first-order valence-corrected chi connectivity index (χ1v) is 7.91. The second-order valence-electron chi connectivity index (χ2n) is 5.91. The third-order valence-corrected chi connectivity index (χ3v) is 4.13. The van der Waals surface area contributed by atoms with Gasteiger partial charge in [-0.2, -0.15) is 0 Å². The summed E-state index contributed by atoms with van der Waals surface area (Å²) in [4.78, 5) is 24.4. The van der Waals surface area contributed by atoms with Crippen LogP contribution in [0.3, 0.4) is 0 Å². The Morgan fingerprint density at radius 1 is 1.29 bits per heavy atom. The van der Waals surface area contributed by atoms with Gasteiger partial charge in [-0.05, 0) is 31.6 Å². The molecule has 1 unspecified atom stereocenters. The minimum atomic E-state index is -0.777. The lowest BCUT2D eigenvalue weighted by Crippen LogP contribution is -2.46. The number of aliphatic hydroxyl groups excluding tert-OH is 1. The molecule has 0 saturated heterocycles. The highest BCUT2D eigenvalue weighted by Crippen LogP contribution is 2.23. The number of aliphatic carboxylic acids is 1. The Kier molecular flexibility index (Phi) is 8.12. The van der Waals surface area contributed by atoms with Gasteiger partial charge < -0.3 is 20.4 Å². The topological polar surface area (TPSA) is 89.9 Å². The van der Waals surface area contributed by atoms with Gasteiger partial charge in [-0.15, -0.1) is 0 Å². The molecule has 0 aliphatic heterocycles. The van der Waals surface area contributed by atoms with Crippen molar-refractivity contribution >= 4 is 12.0 Å². The van der Waals surface area contributed by atoms with Crippen LogP contribution in [0.25, 0.3) is 0 Å². The largest absolute Gasteiger partial charge is 0.481 e. The third kappa shape index (κ3) is 6.80. The van der Waals surface area contributed by atoms with Crippen LogP contribution in [0.15, 0.2) is 0 Å². The maximum atomic E-state index is 12.2. The van der Waals surface area contributed by atoms with Crippen LogP contribution in [-0.4, -0.2) is 52.9 Å². The van der Waals surface area contributed by atoms with E-state index >= 15 is 0 Å². The number of nitrogens with zero attached hydrogens (tertiary/aromatic N) is 1. The summed E-state index contributed by atoms with van der Waals surface area (Å²) in [5.74, 6) is -0.500. The van der Waals surface area contributed by atoms with Gasteiger partial charge in [0.25, 0.3) is 0 Å². The standard InChI is InChI=1S/C15H28N2O4/c1-12(6-7-14(19)20)8-9-16-15(21)17(10-11-18)13-4-2-3-5-13/h12-13,18H,2-11H2,1H3,(H,16,21)(H,19,20). The Morgan fingerprint density at radius 2 is 1.95 bits per heavy atom. The highest BCUT2D eigenvalue weighted by Gasteiger charge is 2.25. The number of urea groups is 1. The summed E-state index contributed by atoms with van der Waals surface area (Å²) in [5.41, 5.74) is 0. The molecule has 1 fully saturated rings. The molecule has 1 aliphatic carbocycles. The summed E-state index contributed by atoms with van der Waals surface area (Å²) in [6.07, 6.45) is 5.90. The Labute approximate surface area is 126 Å². The van der Waals surface area contributed by atoms with E-state index in [0.29, 0.717) is 19.5 Å². The first-order valence-electron chi connectivity index (χ1n) is 7.91. The van der Waals surface area contributed by atoms with Gasteiger partial charge in [0.05, 0.1) is 6.61 Å². The Bertz CT molecular complexity index is 330. The molecule has 6 heteroatoms. The van der Waals surface area contributed by atoms with Crippen molar-refractivity contribution in [3.63, 3.8) is 0 Å². The fourth-order valence-corrected chi connectivity index (χ4v) is 2.81. The van der Waals surface area contributed by atoms with Crippen LogP contribution in [0.2, 0.25) is 0 Å². The second-order valence-corrected chi connectivity index (χ2v) is 5.91. The quantitative estimate of drug-likeness (QED) is 0.606. The zero-order valence-electron chi connectivity index (χ0n) is 12.9.